The summed E-state index contributed by atoms with van der Waals surface area (Å²) in [6.07, 6.45) is -2.29. The molecule has 1 aliphatic rings. The zero-order valence-corrected chi connectivity index (χ0v) is 19.6. The lowest BCUT2D eigenvalue weighted by Gasteiger charge is -2.12. The molecule has 2 aromatic heterocycles. The first-order valence-corrected chi connectivity index (χ1v) is 12.0. The molecule has 4 rings (SSSR count). The van der Waals surface area contributed by atoms with Crippen LogP contribution in [-0.4, -0.2) is 23.6 Å². The van der Waals surface area contributed by atoms with Crippen LogP contribution in [-0.2, 0) is 0 Å². The number of rotatable bonds is 9. The Balaban J connectivity index is 1.56. The second-order valence-corrected chi connectivity index (χ2v) is 9.46. The van der Waals surface area contributed by atoms with E-state index in [1.807, 2.05) is 12.1 Å². The van der Waals surface area contributed by atoms with Crippen molar-refractivity contribution in [3.8, 4) is 27.4 Å². The van der Waals surface area contributed by atoms with Gasteiger partial charge in [0, 0.05) is 27.4 Å². The lowest BCUT2D eigenvalue weighted by Crippen LogP contribution is -2.36. The van der Waals surface area contributed by atoms with Gasteiger partial charge in [0.1, 0.15) is 5.75 Å². The Morgan fingerprint density at radius 3 is 2.54 bits per heavy atom. The molecule has 1 fully saturated rings. The van der Waals surface area contributed by atoms with Crippen LogP contribution >= 0.6 is 11.3 Å². The smallest absolute Gasteiger partial charge is 0.389 e. The van der Waals surface area contributed by atoms with Gasteiger partial charge in [-0.2, -0.15) is 18.3 Å². The Morgan fingerprint density at radius 1 is 1.17 bits per heavy atom. The van der Waals surface area contributed by atoms with E-state index in [0.29, 0.717) is 29.3 Å². The number of hydrogen-bond acceptors (Lipinski definition) is 6. The molecule has 0 radical (unpaired) electrons. The molecule has 3 aromatic rings. The van der Waals surface area contributed by atoms with Crippen LogP contribution in [0.4, 0.5) is 13.2 Å². The van der Waals surface area contributed by atoms with Crippen molar-refractivity contribution in [1.82, 2.24) is 10.4 Å². The van der Waals surface area contributed by atoms with Crippen molar-refractivity contribution in [2.45, 2.75) is 44.2 Å². The van der Waals surface area contributed by atoms with Crippen LogP contribution in [0.5, 0.6) is 5.75 Å². The maximum Gasteiger partial charge on any atom is 0.389 e. The number of halogens is 3. The number of alkyl halides is 3. The minimum Gasteiger partial charge on any atom is -0.494 e. The Hall–Kier alpha value is -3.31. The molecule has 6 N–H and O–H groups in total. The fourth-order valence-electron chi connectivity index (χ4n) is 3.75. The molecule has 0 amide bonds. The number of nitrogens with zero attached hydrogens (tertiary/aromatic N) is 1. The van der Waals surface area contributed by atoms with Gasteiger partial charge in [0.15, 0.2) is 5.84 Å². The van der Waals surface area contributed by atoms with Gasteiger partial charge in [-0.15, -0.1) is 11.3 Å². The molecule has 0 spiro atoms. The van der Waals surface area contributed by atoms with Crippen LogP contribution < -0.4 is 27.4 Å². The first-order chi connectivity index (χ1) is 16.8. The molecule has 2 heterocycles. The Morgan fingerprint density at radius 2 is 1.91 bits per heavy atom. The van der Waals surface area contributed by atoms with Gasteiger partial charge < -0.3 is 21.0 Å². The number of nitrogens with one attached hydrogen (secondary N) is 2. The average molecular weight is 506 g/mol. The molecule has 1 saturated carbocycles. The number of thiophene rings is 1. The van der Waals surface area contributed by atoms with Crippen LogP contribution in [0.2, 0.25) is 0 Å². The number of benzene rings is 1. The summed E-state index contributed by atoms with van der Waals surface area (Å²) < 4.78 is 42.3. The van der Waals surface area contributed by atoms with Gasteiger partial charge in [-0.05, 0) is 79.6 Å². The summed E-state index contributed by atoms with van der Waals surface area (Å²) in [5.74, 6) is 12.2. The highest BCUT2D eigenvalue weighted by Gasteiger charge is 2.27. The SMILES string of the molecule is N/N=C(\NN)c1c(-c2ccc(C3CC3)s2)cc(-c2ccc(OCCCCC(F)(F)F)cc2)[nH]c1=O. The average Bonchev–Trinajstić information content (AvgIpc) is 3.56. The van der Waals surface area contributed by atoms with Gasteiger partial charge in [0.25, 0.3) is 5.56 Å². The number of H-pyrrole nitrogens is 1. The fourth-order valence-corrected chi connectivity index (χ4v) is 4.95. The Bertz CT molecular complexity index is 1250. The number of ether oxygens (including phenoxy) is 1. The monoisotopic (exact) mass is 505 g/mol. The second-order valence-electron chi connectivity index (χ2n) is 8.34. The van der Waals surface area contributed by atoms with E-state index >= 15 is 0 Å². The zero-order valence-electron chi connectivity index (χ0n) is 18.8. The van der Waals surface area contributed by atoms with Gasteiger partial charge in [-0.3, -0.25) is 4.79 Å². The minimum atomic E-state index is -4.15. The maximum atomic E-state index is 13.1. The first-order valence-electron chi connectivity index (χ1n) is 11.2. The molecular weight excluding hydrogens is 479 g/mol. The third-order valence-electron chi connectivity index (χ3n) is 5.70. The second kappa shape index (κ2) is 10.5. The predicted molar refractivity (Wildman–Crippen MR) is 131 cm³/mol. The topological polar surface area (TPSA) is 119 Å². The van der Waals surface area contributed by atoms with Crippen LogP contribution in [0.25, 0.3) is 21.7 Å². The summed E-state index contributed by atoms with van der Waals surface area (Å²) in [5.41, 5.74) is 4.23. The fraction of sp³-hybridized carbons (Fsp3) is 0.333. The van der Waals surface area contributed by atoms with Gasteiger partial charge in [-0.1, -0.05) is 0 Å². The van der Waals surface area contributed by atoms with Crippen molar-refractivity contribution in [3.63, 3.8) is 0 Å². The Kier molecular flexibility index (Phi) is 7.46. The van der Waals surface area contributed by atoms with E-state index in [2.05, 4.69) is 21.6 Å². The summed E-state index contributed by atoms with van der Waals surface area (Å²) >= 11 is 1.63. The zero-order chi connectivity index (χ0) is 25.0. The molecule has 0 bridgehead atoms. The number of amidine groups is 1. The van der Waals surface area contributed by atoms with E-state index in [4.69, 9.17) is 16.4 Å². The summed E-state index contributed by atoms with van der Waals surface area (Å²) in [7, 11) is 0. The van der Waals surface area contributed by atoms with Crippen molar-refractivity contribution >= 4 is 17.2 Å². The number of nitrogens with two attached hydrogens (primary N) is 2. The molecule has 1 aromatic carbocycles. The lowest BCUT2D eigenvalue weighted by molar-refractivity contribution is -0.135. The largest absolute Gasteiger partial charge is 0.494 e. The summed E-state index contributed by atoms with van der Waals surface area (Å²) in [6, 6.07) is 12.9. The summed E-state index contributed by atoms with van der Waals surface area (Å²) in [4.78, 5) is 18.1. The number of pyridine rings is 1. The van der Waals surface area contributed by atoms with E-state index in [0.717, 1.165) is 10.4 Å². The highest BCUT2D eigenvalue weighted by molar-refractivity contribution is 7.15. The standard InChI is InChI=1S/C24H26F3N5O2S/c25-24(26,27)11-1-2-12-34-16-7-5-14(6-8-16)18-13-17(20-10-9-19(35-20)15-3-4-15)21(23(33)30-18)22(31-28)32-29/h5-10,13,15H,1-4,11-12,28-29H2,(H,30,33)(H,31,32). The molecule has 7 nitrogen and oxygen atoms in total. The Labute approximate surface area is 204 Å². The van der Waals surface area contributed by atoms with Gasteiger partial charge in [-0.25, -0.2) is 5.84 Å². The van der Waals surface area contributed by atoms with Crippen molar-refractivity contribution < 1.29 is 17.9 Å². The third-order valence-corrected chi connectivity index (χ3v) is 6.98. The van der Waals surface area contributed by atoms with Crippen LogP contribution in [0.1, 0.15) is 48.5 Å². The molecule has 0 aliphatic heterocycles. The third kappa shape index (κ3) is 6.23. The van der Waals surface area contributed by atoms with Crippen molar-refractivity contribution in [1.29, 1.82) is 0 Å². The quantitative estimate of drug-likeness (QED) is 0.109. The highest BCUT2D eigenvalue weighted by Crippen LogP contribution is 2.45. The number of hydrazone groups is 1. The van der Waals surface area contributed by atoms with Gasteiger partial charge in [0.2, 0.25) is 0 Å². The van der Waals surface area contributed by atoms with Crippen LogP contribution in [0.15, 0.2) is 52.4 Å². The molecule has 0 unspecified atom stereocenters. The molecule has 0 saturated heterocycles. The van der Waals surface area contributed by atoms with E-state index in [9.17, 15) is 18.0 Å². The first kappa shape index (κ1) is 24.8. The van der Waals surface area contributed by atoms with Gasteiger partial charge >= 0.3 is 6.18 Å². The minimum absolute atomic E-state index is 0.0227. The molecule has 35 heavy (non-hydrogen) atoms. The van der Waals surface area contributed by atoms with E-state index in [1.165, 1.54) is 17.7 Å². The highest BCUT2D eigenvalue weighted by atomic mass is 32.1. The van der Waals surface area contributed by atoms with E-state index < -0.39 is 18.2 Å². The normalized spacial score (nSPS) is 14.2. The molecule has 0 atom stereocenters. The van der Waals surface area contributed by atoms with Crippen molar-refractivity contribution in [2.24, 2.45) is 16.8 Å². The molecule has 186 valence electrons. The predicted octanol–water partition coefficient (Wildman–Crippen LogP) is 4.84. The van der Waals surface area contributed by atoms with Crippen LogP contribution in [0, 0.1) is 0 Å². The van der Waals surface area contributed by atoms with E-state index in [1.54, 1.807) is 35.6 Å². The number of hydrazine groups is 1. The number of unbranched alkanes of at least 4 members (excludes halogenated alkanes) is 1. The number of hydrogen-bond donors (Lipinski definition) is 4. The molecular formula is C24H26F3N5O2S. The maximum absolute atomic E-state index is 13.1. The molecule has 1 aliphatic carbocycles. The summed E-state index contributed by atoms with van der Waals surface area (Å²) in [5, 5.41) is 3.63. The van der Waals surface area contributed by atoms with Gasteiger partial charge in [0.05, 0.1) is 12.2 Å². The van der Waals surface area contributed by atoms with Crippen molar-refractivity contribution in [3.05, 3.63) is 63.3 Å². The summed E-state index contributed by atoms with van der Waals surface area (Å²) in [6.45, 7) is 0.195. The molecule has 11 heteroatoms. The number of aromatic amines is 1. The van der Waals surface area contributed by atoms with Crippen molar-refractivity contribution in [2.75, 3.05) is 6.61 Å². The lowest BCUT2D eigenvalue weighted by atomic mass is 10.0. The van der Waals surface area contributed by atoms with E-state index in [-0.39, 0.29) is 24.4 Å². The number of aromatic nitrogens is 1. The van der Waals surface area contributed by atoms with Crippen LogP contribution in [0.3, 0.4) is 0 Å².